The Hall–Kier alpha value is -3.55. The highest BCUT2D eigenvalue weighted by Gasteiger charge is 2.16. The summed E-state index contributed by atoms with van der Waals surface area (Å²) in [5, 5.41) is 7.61. The van der Waals surface area contributed by atoms with E-state index < -0.39 is 0 Å². The van der Waals surface area contributed by atoms with Crippen LogP contribution in [0.4, 0.5) is 0 Å². The molecular weight excluding hydrogens is 414 g/mol. The van der Waals surface area contributed by atoms with Gasteiger partial charge in [0, 0.05) is 36.8 Å². The Balaban J connectivity index is 1.38. The molecule has 0 bridgehead atoms. The molecule has 0 radical (unpaired) electrons. The Morgan fingerprint density at radius 3 is 2.36 bits per heavy atom. The van der Waals surface area contributed by atoms with Gasteiger partial charge in [-0.2, -0.15) is 5.10 Å². The molecular formula is C26H27N5O2. The summed E-state index contributed by atoms with van der Waals surface area (Å²) < 4.78 is 7.14. The van der Waals surface area contributed by atoms with E-state index in [4.69, 9.17) is 9.72 Å². The second kappa shape index (κ2) is 9.94. The summed E-state index contributed by atoms with van der Waals surface area (Å²) in [6, 6.07) is 23.9. The minimum Gasteiger partial charge on any atom is -0.379 e. The van der Waals surface area contributed by atoms with E-state index in [2.05, 4.69) is 15.3 Å². The molecule has 1 fully saturated rings. The fraction of sp³-hybridized carbons (Fsp3) is 0.269. The summed E-state index contributed by atoms with van der Waals surface area (Å²) in [7, 11) is 0. The van der Waals surface area contributed by atoms with Crippen molar-refractivity contribution < 1.29 is 9.53 Å². The van der Waals surface area contributed by atoms with Gasteiger partial charge >= 0.3 is 0 Å². The summed E-state index contributed by atoms with van der Waals surface area (Å²) in [5.74, 6) is -0.178. The van der Waals surface area contributed by atoms with Gasteiger partial charge in [0.1, 0.15) is 0 Å². The standard InChI is InChI=1S/C26H27N5O2/c32-26(27-12-7-13-30-14-16-33-17-15-30)23-19-25-28-22(20-8-3-1-4-9-20)18-24(31(25)29-23)21-10-5-2-6-11-21/h1-6,8-11,18-19H,7,12-17H2,(H,27,32). The molecule has 1 aliphatic rings. The predicted molar refractivity (Wildman–Crippen MR) is 128 cm³/mol. The van der Waals surface area contributed by atoms with Gasteiger partial charge in [0.2, 0.25) is 0 Å². The zero-order valence-electron chi connectivity index (χ0n) is 18.5. The van der Waals surface area contributed by atoms with Crippen LogP contribution in [0.15, 0.2) is 72.8 Å². The molecule has 1 amide bonds. The molecule has 0 spiro atoms. The maximum atomic E-state index is 12.8. The number of benzene rings is 2. The highest BCUT2D eigenvalue weighted by molar-refractivity contribution is 5.93. The largest absolute Gasteiger partial charge is 0.379 e. The van der Waals surface area contributed by atoms with Gasteiger partial charge in [-0.25, -0.2) is 9.50 Å². The second-order valence-corrected chi connectivity index (χ2v) is 8.12. The van der Waals surface area contributed by atoms with Crippen molar-refractivity contribution in [1.82, 2.24) is 24.8 Å². The summed E-state index contributed by atoms with van der Waals surface area (Å²) in [4.78, 5) is 20.0. The van der Waals surface area contributed by atoms with Gasteiger partial charge in [-0.15, -0.1) is 0 Å². The van der Waals surface area contributed by atoms with E-state index in [-0.39, 0.29) is 5.91 Å². The first-order chi connectivity index (χ1) is 16.3. The van der Waals surface area contributed by atoms with Gasteiger partial charge in [-0.3, -0.25) is 9.69 Å². The minimum atomic E-state index is -0.178. The minimum absolute atomic E-state index is 0.178. The van der Waals surface area contributed by atoms with E-state index in [1.54, 1.807) is 10.6 Å². The van der Waals surface area contributed by atoms with Crippen LogP contribution in [0, 0.1) is 0 Å². The molecule has 4 aromatic rings. The first-order valence-corrected chi connectivity index (χ1v) is 11.4. The number of carbonyl (C=O) groups is 1. The number of ether oxygens (including phenoxy) is 1. The fourth-order valence-corrected chi connectivity index (χ4v) is 4.08. The third-order valence-electron chi connectivity index (χ3n) is 5.84. The molecule has 2 aromatic carbocycles. The normalized spacial score (nSPS) is 14.4. The number of nitrogens with one attached hydrogen (secondary N) is 1. The average molecular weight is 442 g/mol. The molecule has 1 N–H and O–H groups in total. The van der Waals surface area contributed by atoms with Gasteiger partial charge < -0.3 is 10.1 Å². The first-order valence-electron chi connectivity index (χ1n) is 11.4. The molecule has 0 atom stereocenters. The zero-order chi connectivity index (χ0) is 22.5. The quantitative estimate of drug-likeness (QED) is 0.445. The molecule has 7 nitrogen and oxygen atoms in total. The average Bonchev–Trinajstić information content (AvgIpc) is 3.32. The topological polar surface area (TPSA) is 71.8 Å². The van der Waals surface area contributed by atoms with E-state index in [9.17, 15) is 4.79 Å². The molecule has 0 unspecified atom stereocenters. The Morgan fingerprint density at radius 1 is 0.939 bits per heavy atom. The molecule has 168 valence electrons. The number of hydrogen-bond acceptors (Lipinski definition) is 5. The summed E-state index contributed by atoms with van der Waals surface area (Å²) in [6.45, 7) is 5.05. The van der Waals surface area contributed by atoms with Crippen molar-refractivity contribution >= 4 is 11.6 Å². The lowest BCUT2D eigenvalue weighted by molar-refractivity contribution is 0.0374. The van der Waals surface area contributed by atoms with E-state index in [0.29, 0.717) is 17.9 Å². The van der Waals surface area contributed by atoms with Crippen molar-refractivity contribution in [1.29, 1.82) is 0 Å². The number of carbonyl (C=O) groups excluding carboxylic acids is 1. The number of fused-ring (bicyclic) bond motifs is 1. The van der Waals surface area contributed by atoms with Gasteiger partial charge in [0.25, 0.3) is 5.91 Å². The van der Waals surface area contributed by atoms with Crippen LogP contribution in [0.1, 0.15) is 16.9 Å². The van der Waals surface area contributed by atoms with Crippen molar-refractivity contribution in [3.63, 3.8) is 0 Å². The molecule has 3 heterocycles. The van der Waals surface area contributed by atoms with E-state index in [1.807, 2.05) is 66.7 Å². The third kappa shape index (κ3) is 4.94. The Kier molecular flexibility index (Phi) is 6.41. The lowest BCUT2D eigenvalue weighted by Crippen LogP contribution is -2.38. The van der Waals surface area contributed by atoms with Crippen LogP contribution >= 0.6 is 0 Å². The van der Waals surface area contributed by atoms with Crippen molar-refractivity contribution in [2.24, 2.45) is 0 Å². The highest BCUT2D eigenvalue weighted by Crippen LogP contribution is 2.26. The lowest BCUT2D eigenvalue weighted by Gasteiger charge is -2.26. The smallest absolute Gasteiger partial charge is 0.271 e. The molecule has 1 aliphatic heterocycles. The number of aromatic nitrogens is 3. The molecule has 0 aliphatic carbocycles. The van der Waals surface area contributed by atoms with Crippen LogP contribution in [0.5, 0.6) is 0 Å². The van der Waals surface area contributed by atoms with Crippen LogP contribution in [-0.4, -0.2) is 64.8 Å². The molecule has 0 saturated carbocycles. The van der Waals surface area contributed by atoms with Crippen LogP contribution in [0.2, 0.25) is 0 Å². The lowest BCUT2D eigenvalue weighted by atomic mass is 10.1. The molecule has 7 heteroatoms. The van der Waals surface area contributed by atoms with Gasteiger partial charge in [-0.05, 0) is 19.0 Å². The van der Waals surface area contributed by atoms with Crippen LogP contribution < -0.4 is 5.32 Å². The monoisotopic (exact) mass is 441 g/mol. The van der Waals surface area contributed by atoms with Gasteiger partial charge in [0.15, 0.2) is 11.3 Å². The summed E-state index contributed by atoms with van der Waals surface area (Å²) >= 11 is 0. The van der Waals surface area contributed by atoms with E-state index in [1.165, 1.54) is 0 Å². The van der Waals surface area contributed by atoms with Crippen molar-refractivity contribution in [2.75, 3.05) is 39.4 Å². The number of hydrogen-bond donors (Lipinski definition) is 1. The first kappa shape index (κ1) is 21.3. The SMILES string of the molecule is O=C(NCCCN1CCOCC1)c1cc2nc(-c3ccccc3)cc(-c3ccccc3)n2n1. The predicted octanol–water partition coefficient (Wildman–Crippen LogP) is 3.52. The van der Waals surface area contributed by atoms with Gasteiger partial charge in [0.05, 0.1) is 24.6 Å². The number of nitrogens with zero attached hydrogens (tertiary/aromatic N) is 4. The van der Waals surface area contributed by atoms with Crippen molar-refractivity contribution in [2.45, 2.75) is 6.42 Å². The van der Waals surface area contributed by atoms with Crippen molar-refractivity contribution in [3.05, 3.63) is 78.5 Å². The van der Waals surface area contributed by atoms with Gasteiger partial charge in [-0.1, -0.05) is 60.7 Å². The Bertz CT molecular complexity index is 1220. The van der Waals surface area contributed by atoms with E-state index in [0.717, 1.165) is 61.8 Å². The molecule has 1 saturated heterocycles. The zero-order valence-corrected chi connectivity index (χ0v) is 18.5. The highest BCUT2D eigenvalue weighted by atomic mass is 16.5. The molecule has 5 rings (SSSR count). The fourth-order valence-electron chi connectivity index (χ4n) is 4.08. The van der Waals surface area contributed by atoms with Crippen molar-refractivity contribution in [3.8, 4) is 22.5 Å². The Labute approximate surface area is 193 Å². The maximum absolute atomic E-state index is 12.8. The van der Waals surface area contributed by atoms with Crippen LogP contribution in [-0.2, 0) is 4.74 Å². The van der Waals surface area contributed by atoms with Crippen LogP contribution in [0.3, 0.4) is 0 Å². The second-order valence-electron chi connectivity index (χ2n) is 8.12. The number of morpholine rings is 1. The Morgan fingerprint density at radius 2 is 1.64 bits per heavy atom. The summed E-state index contributed by atoms with van der Waals surface area (Å²) in [5.41, 5.74) is 4.80. The molecule has 33 heavy (non-hydrogen) atoms. The number of amides is 1. The summed E-state index contributed by atoms with van der Waals surface area (Å²) in [6.07, 6.45) is 0.894. The maximum Gasteiger partial charge on any atom is 0.271 e. The molecule has 2 aromatic heterocycles. The van der Waals surface area contributed by atoms with E-state index >= 15 is 0 Å². The number of rotatable bonds is 7. The van der Waals surface area contributed by atoms with Crippen LogP contribution in [0.25, 0.3) is 28.2 Å². The third-order valence-corrected chi connectivity index (χ3v) is 5.84.